The molecule has 2 N–H and O–H groups in total. The highest BCUT2D eigenvalue weighted by molar-refractivity contribution is 5.40. The van der Waals surface area contributed by atoms with Gasteiger partial charge in [0.25, 0.3) is 0 Å². The first-order valence-electron chi connectivity index (χ1n) is 7.52. The minimum atomic E-state index is -0.0138. The Morgan fingerprint density at radius 3 is 2.90 bits per heavy atom. The first-order chi connectivity index (χ1) is 10.3. The lowest BCUT2D eigenvalue weighted by Gasteiger charge is -2.30. The molecular formula is C18H21NO2. The normalized spacial score (nSPS) is 20.5. The zero-order chi connectivity index (χ0) is 14.7. The Bertz CT molecular complexity index is 612. The Kier molecular flexibility index (Phi) is 4.11. The molecule has 0 saturated heterocycles. The molecule has 0 spiro atoms. The summed E-state index contributed by atoms with van der Waals surface area (Å²) in [5.41, 5.74) is 8.49. The highest BCUT2D eigenvalue weighted by Gasteiger charge is 2.26. The summed E-state index contributed by atoms with van der Waals surface area (Å²) in [5.74, 6) is 1.78. The van der Waals surface area contributed by atoms with E-state index in [-0.39, 0.29) is 12.1 Å². The summed E-state index contributed by atoms with van der Waals surface area (Å²) in [6.07, 6.45) is 1.77. The van der Waals surface area contributed by atoms with E-state index in [4.69, 9.17) is 15.2 Å². The zero-order valence-electron chi connectivity index (χ0n) is 12.3. The van der Waals surface area contributed by atoms with Crippen LogP contribution in [0.15, 0.2) is 48.5 Å². The van der Waals surface area contributed by atoms with Crippen molar-refractivity contribution in [2.24, 2.45) is 5.73 Å². The molecule has 3 heteroatoms. The van der Waals surface area contributed by atoms with E-state index >= 15 is 0 Å². The highest BCUT2D eigenvalue weighted by Crippen LogP contribution is 2.39. The van der Waals surface area contributed by atoms with Crippen LogP contribution in [-0.4, -0.2) is 6.61 Å². The second kappa shape index (κ2) is 6.19. The fourth-order valence-electron chi connectivity index (χ4n) is 2.68. The van der Waals surface area contributed by atoms with Crippen LogP contribution in [0.5, 0.6) is 11.5 Å². The number of benzene rings is 2. The molecule has 0 fully saturated rings. The average molecular weight is 283 g/mol. The summed E-state index contributed by atoms with van der Waals surface area (Å²) in [6, 6.07) is 16.1. The Morgan fingerprint density at radius 1 is 1.19 bits per heavy atom. The Morgan fingerprint density at radius 2 is 2.05 bits per heavy atom. The van der Waals surface area contributed by atoms with E-state index in [0.717, 1.165) is 42.1 Å². The summed E-state index contributed by atoms with van der Waals surface area (Å²) in [5, 5.41) is 0. The fourth-order valence-corrected chi connectivity index (χ4v) is 2.68. The largest absolute Gasteiger partial charge is 0.494 e. The van der Waals surface area contributed by atoms with Gasteiger partial charge in [0.1, 0.15) is 17.6 Å². The topological polar surface area (TPSA) is 44.5 Å². The third-order valence-corrected chi connectivity index (χ3v) is 3.76. The van der Waals surface area contributed by atoms with E-state index in [1.807, 2.05) is 36.4 Å². The van der Waals surface area contributed by atoms with Crippen molar-refractivity contribution in [2.75, 3.05) is 6.61 Å². The number of ether oxygens (including phenoxy) is 2. The molecule has 0 saturated carbocycles. The van der Waals surface area contributed by atoms with Crippen LogP contribution in [0.2, 0.25) is 0 Å². The molecule has 0 radical (unpaired) electrons. The summed E-state index contributed by atoms with van der Waals surface area (Å²) in [6.45, 7) is 2.83. The first kappa shape index (κ1) is 14.0. The predicted molar refractivity (Wildman–Crippen MR) is 83.6 cm³/mol. The summed E-state index contributed by atoms with van der Waals surface area (Å²) in [4.78, 5) is 0. The van der Waals surface area contributed by atoms with Gasteiger partial charge in [0.05, 0.1) is 6.61 Å². The van der Waals surface area contributed by atoms with Gasteiger partial charge in [-0.15, -0.1) is 0 Å². The molecule has 0 bridgehead atoms. The third-order valence-electron chi connectivity index (χ3n) is 3.76. The summed E-state index contributed by atoms with van der Waals surface area (Å²) < 4.78 is 11.8. The second-order valence-corrected chi connectivity index (χ2v) is 5.41. The van der Waals surface area contributed by atoms with Crippen LogP contribution in [-0.2, 0) is 0 Å². The minimum Gasteiger partial charge on any atom is -0.494 e. The van der Waals surface area contributed by atoms with E-state index in [2.05, 4.69) is 19.1 Å². The van der Waals surface area contributed by atoms with Crippen molar-refractivity contribution in [3.8, 4) is 11.5 Å². The van der Waals surface area contributed by atoms with Crippen LogP contribution < -0.4 is 15.2 Å². The van der Waals surface area contributed by atoms with Crippen molar-refractivity contribution in [3.05, 3.63) is 59.7 Å². The van der Waals surface area contributed by atoms with Crippen molar-refractivity contribution < 1.29 is 9.47 Å². The van der Waals surface area contributed by atoms with E-state index in [1.165, 1.54) is 0 Å². The molecule has 2 atom stereocenters. The van der Waals surface area contributed by atoms with Gasteiger partial charge in [-0.1, -0.05) is 37.3 Å². The molecule has 1 heterocycles. The lowest BCUT2D eigenvalue weighted by Crippen LogP contribution is -2.24. The maximum absolute atomic E-state index is 6.28. The zero-order valence-corrected chi connectivity index (χ0v) is 12.3. The summed E-state index contributed by atoms with van der Waals surface area (Å²) >= 11 is 0. The Balaban J connectivity index is 1.82. The summed E-state index contributed by atoms with van der Waals surface area (Å²) in [7, 11) is 0. The van der Waals surface area contributed by atoms with Gasteiger partial charge in [-0.3, -0.25) is 0 Å². The van der Waals surface area contributed by atoms with Crippen LogP contribution in [0.3, 0.4) is 0 Å². The smallest absolute Gasteiger partial charge is 0.126 e. The fraction of sp³-hybridized carbons (Fsp3) is 0.333. The highest BCUT2D eigenvalue weighted by atomic mass is 16.5. The maximum atomic E-state index is 6.28. The molecule has 21 heavy (non-hydrogen) atoms. The first-order valence-corrected chi connectivity index (χ1v) is 7.52. The minimum absolute atomic E-state index is 0.0138. The van der Waals surface area contributed by atoms with E-state index in [9.17, 15) is 0 Å². The van der Waals surface area contributed by atoms with Crippen LogP contribution in [0.1, 0.15) is 43.0 Å². The molecule has 3 nitrogen and oxygen atoms in total. The van der Waals surface area contributed by atoms with Gasteiger partial charge < -0.3 is 15.2 Å². The molecule has 2 unspecified atom stereocenters. The van der Waals surface area contributed by atoms with E-state index in [0.29, 0.717) is 0 Å². The standard InChI is InChI=1S/C18H21NO2/c1-2-10-20-14-7-5-6-13(11-14)18-12-16(19)15-8-3-4-9-17(15)21-18/h3-9,11,16,18H,2,10,12,19H2,1H3. The molecule has 1 aliphatic rings. The van der Waals surface area contributed by atoms with Gasteiger partial charge in [-0.05, 0) is 30.2 Å². The lowest BCUT2D eigenvalue weighted by molar-refractivity contribution is 0.161. The molecular weight excluding hydrogens is 262 g/mol. The SMILES string of the molecule is CCCOc1cccc(C2CC(N)c3ccccc3O2)c1. The number of hydrogen-bond donors (Lipinski definition) is 1. The molecule has 3 rings (SSSR count). The maximum Gasteiger partial charge on any atom is 0.126 e. The van der Waals surface area contributed by atoms with Crippen LogP contribution in [0.4, 0.5) is 0 Å². The van der Waals surface area contributed by atoms with Crippen molar-refractivity contribution >= 4 is 0 Å². The number of hydrogen-bond acceptors (Lipinski definition) is 3. The average Bonchev–Trinajstić information content (AvgIpc) is 2.53. The van der Waals surface area contributed by atoms with Crippen LogP contribution >= 0.6 is 0 Å². The van der Waals surface area contributed by atoms with Gasteiger partial charge in [-0.2, -0.15) is 0 Å². The molecule has 1 aliphatic heterocycles. The third kappa shape index (κ3) is 3.03. The quantitative estimate of drug-likeness (QED) is 0.922. The van der Waals surface area contributed by atoms with Crippen molar-refractivity contribution in [2.45, 2.75) is 31.9 Å². The number of nitrogens with two attached hydrogens (primary N) is 1. The monoisotopic (exact) mass is 283 g/mol. The molecule has 0 aromatic heterocycles. The number of para-hydroxylation sites is 1. The van der Waals surface area contributed by atoms with Gasteiger partial charge in [0.2, 0.25) is 0 Å². The molecule has 2 aromatic carbocycles. The lowest BCUT2D eigenvalue weighted by atomic mass is 9.93. The molecule has 0 aliphatic carbocycles. The molecule has 110 valence electrons. The predicted octanol–water partition coefficient (Wildman–Crippen LogP) is 4.00. The number of rotatable bonds is 4. The van der Waals surface area contributed by atoms with Crippen molar-refractivity contribution in [1.82, 2.24) is 0 Å². The van der Waals surface area contributed by atoms with Crippen molar-refractivity contribution in [3.63, 3.8) is 0 Å². The van der Waals surface area contributed by atoms with Gasteiger partial charge in [-0.25, -0.2) is 0 Å². The Labute approximate surface area is 125 Å². The van der Waals surface area contributed by atoms with E-state index < -0.39 is 0 Å². The van der Waals surface area contributed by atoms with Crippen molar-refractivity contribution in [1.29, 1.82) is 0 Å². The Hall–Kier alpha value is -2.00. The molecule has 2 aromatic rings. The number of fused-ring (bicyclic) bond motifs is 1. The van der Waals surface area contributed by atoms with Gasteiger partial charge >= 0.3 is 0 Å². The van der Waals surface area contributed by atoms with Crippen LogP contribution in [0, 0.1) is 0 Å². The molecule has 0 amide bonds. The van der Waals surface area contributed by atoms with Gasteiger partial charge in [0, 0.05) is 18.0 Å². The van der Waals surface area contributed by atoms with E-state index in [1.54, 1.807) is 0 Å². The van der Waals surface area contributed by atoms with Gasteiger partial charge in [0.15, 0.2) is 0 Å². The second-order valence-electron chi connectivity index (χ2n) is 5.41. The van der Waals surface area contributed by atoms with Crippen LogP contribution in [0.25, 0.3) is 0 Å².